The minimum Gasteiger partial charge on any atom is -0.393 e. The van der Waals surface area contributed by atoms with Gasteiger partial charge in [0.25, 0.3) is 5.91 Å². The molecule has 0 saturated heterocycles. The summed E-state index contributed by atoms with van der Waals surface area (Å²) in [6, 6.07) is 7.67. The van der Waals surface area contributed by atoms with Crippen LogP contribution in [0.25, 0.3) is 10.1 Å². The summed E-state index contributed by atoms with van der Waals surface area (Å²) in [7, 11) is 0. The maximum atomic E-state index is 11.9. The molecule has 0 saturated carbocycles. The first kappa shape index (κ1) is 13.3. The number of halogens is 1. The van der Waals surface area contributed by atoms with E-state index in [-0.39, 0.29) is 5.91 Å². The molecular formula is C13H14ClNO2S. The van der Waals surface area contributed by atoms with Crippen LogP contribution in [0.4, 0.5) is 0 Å². The molecule has 0 radical (unpaired) electrons. The van der Waals surface area contributed by atoms with Crippen LogP contribution in [0.5, 0.6) is 0 Å². The quantitative estimate of drug-likeness (QED) is 0.906. The molecule has 1 aromatic carbocycles. The van der Waals surface area contributed by atoms with Crippen LogP contribution in [0.3, 0.4) is 0 Å². The molecule has 0 aliphatic carbocycles. The molecule has 5 heteroatoms. The topological polar surface area (TPSA) is 49.3 Å². The number of benzene rings is 1. The number of amides is 1. The number of carbonyl (C=O) groups excluding carboxylic acids is 1. The zero-order valence-electron chi connectivity index (χ0n) is 9.94. The van der Waals surface area contributed by atoms with E-state index < -0.39 is 6.10 Å². The summed E-state index contributed by atoms with van der Waals surface area (Å²) in [5.41, 5.74) is 0. The Kier molecular flexibility index (Phi) is 4.22. The molecule has 0 aliphatic rings. The maximum absolute atomic E-state index is 11.9. The number of fused-ring (bicyclic) bond motifs is 1. The van der Waals surface area contributed by atoms with Crippen molar-refractivity contribution in [2.45, 2.75) is 19.4 Å². The first-order valence-corrected chi connectivity index (χ1v) is 6.92. The third kappa shape index (κ3) is 2.83. The number of carbonyl (C=O) groups is 1. The predicted molar refractivity (Wildman–Crippen MR) is 75.5 cm³/mol. The molecule has 96 valence electrons. The van der Waals surface area contributed by atoms with Gasteiger partial charge in [-0.05, 0) is 19.4 Å². The second-order valence-electron chi connectivity index (χ2n) is 4.13. The molecule has 0 bridgehead atoms. The Labute approximate surface area is 114 Å². The summed E-state index contributed by atoms with van der Waals surface area (Å²) in [6.07, 6.45) is 0.122. The lowest BCUT2D eigenvalue weighted by molar-refractivity contribution is 0.0950. The zero-order chi connectivity index (χ0) is 13.1. The van der Waals surface area contributed by atoms with Crippen molar-refractivity contribution in [3.8, 4) is 0 Å². The fourth-order valence-electron chi connectivity index (χ4n) is 1.63. The number of nitrogens with one attached hydrogen (secondary N) is 1. The normalized spacial score (nSPS) is 12.6. The summed E-state index contributed by atoms with van der Waals surface area (Å²) in [5, 5.41) is 13.3. The highest BCUT2D eigenvalue weighted by Crippen LogP contribution is 2.34. The average molecular weight is 284 g/mol. The zero-order valence-corrected chi connectivity index (χ0v) is 11.5. The number of aliphatic hydroxyl groups is 1. The second-order valence-corrected chi connectivity index (χ2v) is 5.57. The number of aliphatic hydroxyl groups excluding tert-OH is 1. The Morgan fingerprint density at radius 2 is 2.22 bits per heavy atom. The van der Waals surface area contributed by atoms with Crippen molar-refractivity contribution >= 4 is 38.9 Å². The fraction of sp³-hybridized carbons (Fsp3) is 0.308. The van der Waals surface area contributed by atoms with E-state index in [0.717, 1.165) is 10.1 Å². The minimum absolute atomic E-state index is 0.179. The molecule has 2 aromatic rings. The Bertz CT molecular complexity index is 565. The van der Waals surface area contributed by atoms with E-state index in [0.29, 0.717) is 22.9 Å². The molecule has 0 spiro atoms. The van der Waals surface area contributed by atoms with Crippen LogP contribution in [0.2, 0.25) is 5.02 Å². The van der Waals surface area contributed by atoms with Gasteiger partial charge in [0.2, 0.25) is 0 Å². The van der Waals surface area contributed by atoms with Crippen molar-refractivity contribution < 1.29 is 9.90 Å². The van der Waals surface area contributed by atoms with Crippen LogP contribution in [0, 0.1) is 0 Å². The average Bonchev–Trinajstić information content (AvgIpc) is 2.67. The molecule has 1 atom stereocenters. The van der Waals surface area contributed by atoms with E-state index in [4.69, 9.17) is 16.7 Å². The van der Waals surface area contributed by atoms with E-state index in [2.05, 4.69) is 5.32 Å². The van der Waals surface area contributed by atoms with Gasteiger partial charge in [0, 0.05) is 16.6 Å². The van der Waals surface area contributed by atoms with Gasteiger partial charge in [-0.15, -0.1) is 11.3 Å². The SMILES string of the molecule is CC(O)CCNC(=O)c1sc2ccccc2c1Cl. The van der Waals surface area contributed by atoms with Gasteiger partial charge in [0.1, 0.15) is 4.88 Å². The van der Waals surface area contributed by atoms with Crippen LogP contribution in [-0.2, 0) is 0 Å². The van der Waals surface area contributed by atoms with Crippen LogP contribution >= 0.6 is 22.9 Å². The van der Waals surface area contributed by atoms with Crippen molar-refractivity contribution in [1.82, 2.24) is 5.32 Å². The molecule has 18 heavy (non-hydrogen) atoms. The monoisotopic (exact) mass is 283 g/mol. The number of hydrogen-bond acceptors (Lipinski definition) is 3. The molecule has 1 amide bonds. The molecule has 1 heterocycles. The number of hydrogen-bond donors (Lipinski definition) is 2. The third-order valence-corrected chi connectivity index (χ3v) is 4.26. The van der Waals surface area contributed by atoms with Crippen LogP contribution in [0.15, 0.2) is 24.3 Å². The maximum Gasteiger partial charge on any atom is 0.262 e. The molecule has 2 N–H and O–H groups in total. The van der Waals surface area contributed by atoms with E-state index >= 15 is 0 Å². The Morgan fingerprint density at radius 3 is 2.89 bits per heavy atom. The fourth-order valence-corrected chi connectivity index (χ4v) is 3.07. The molecular weight excluding hydrogens is 270 g/mol. The Balaban J connectivity index is 2.15. The smallest absolute Gasteiger partial charge is 0.262 e. The highest BCUT2D eigenvalue weighted by molar-refractivity contribution is 7.21. The van der Waals surface area contributed by atoms with E-state index in [1.54, 1.807) is 6.92 Å². The Morgan fingerprint density at radius 1 is 1.50 bits per heavy atom. The lowest BCUT2D eigenvalue weighted by Crippen LogP contribution is -2.25. The molecule has 1 unspecified atom stereocenters. The lowest BCUT2D eigenvalue weighted by Gasteiger charge is -2.05. The van der Waals surface area contributed by atoms with E-state index in [1.165, 1.54) is 11.3 Å². The van der Waals surface area contributed by atoms with Crippen molar-refractivity contribution in [1.29, 1.82) is 0 Å². The molecule has 0 aliphatic heterocycles. The van der Waals surface area contributed by atoms with Crippen molar-refractivity contribution in [2.75, 3.05) is 6.54 Å². The number of thiophene rings is 1. The summed E-state index contributed by atoms with van der Waals surface area (Å²) >= 11 is 7.58. The van der Waals surface area contributed by atoms with Crippen molar-refractivity contribution in [3.05, 3.63) is 34.2 Å². The van der Waals surface area contributed by atoms with Gasteiger partial charge in [-0.2, -0.15) is 0 Å². The molecule has 0 fully saturated rings. The summed E-state index contributed by atoms with van der Waals surface area (Å²) in [6.45, 7) is 2.14. The highest BCUT2D eigenvalue weighted by atomic mass is 35.5. The summed E-state index contributed by atoms with van der Waals surface area (Å²) in [4.78, 5) is 12.5. The summed E-state index contributed by atoms with van der Waals surface area (Å²) < 4.78 is 1.00. The molecule has 2 rings (SSSR count). The lowest BCUT2D eigenvalue weighted by atomic mass is 10.2. The van der Waals surface area contributed by atoms with Crippen LogP contribution in [0.1, 0.15) is 23.0 Å². The largest absolute Gasteiger partial charge is 0.393 e. The van der Waals surface area contributed by atoms with Gasteiger partial charge in [-0.3, -0.25) is 4.79 Å². The van der Waals surface area contributed by atoms with Gasteiger partial charge in [0.05, 0.1) is 11.1 Å². The van der Waals surface area contributed by atoms with E-state index in [9.17, 15) is 4.79 Å². The van der Waals surface area contributed by atoms with Gasteiger partial charge in [-0.25, -0.2) is 0 Å². The van der Waals surface area contributed by atoms with Gasteiger partial charge >= 0.3 is 0 Å². The minimum atomic E-state index is -0.414. The number of rotatable bonds is 4. The van der Waals surface area contributed by atoms with Crippen molar-refractivity contribution in [3.63, 3.8) is 0 Å². The molecule has 1 aromatic heterocycles. The highest BCUT2D eigenvalue weighted by Gasteiger charge is 2.16. The molecule has 3 nitrogen and oxygen atoms in total. The predicted octanol–water partition coefficient (Wildman–Crippen LogP) is 3.06. The summed E-state index contributed by atoms with van der Waals surface area (Å²) in [5.74, 6) is -0.179. The van der Waals surface area contributed by atoms with E-state index in [1.807, 2.05) is 24.3 Å². The first-order valence-electron chi connectivity index (χ1n) is 5.73. The third-order valence-electron chi connectivity index (χ3n) is 2.59. The second kappa shape index (κ2) is 5.69. The van der Waals surface area contributed by atoms with Gasteiger partial charge in [-0.1, -0.05) is 29.8 Å². The van der Waals surface area contributed by atoms with Crippen molar-refractivity contribution in [2.24, 2.45) is 0 Å². The van der Waals surface area contributed by atoms with Gasteiger partial charge in [0.15, 0.2) is 0 Å². The van der Waals surface area contributed by atoms with Gasteiger partial charge < -0.3 is 10.4 Å². The Hall–Kier alpha value is -1.10. The van der Waals surface area contributed by atoms with Crippen LogP contribution < -0.4 is 5.32 Å². The first-order chi connectivity index (χ1) is 8.59. The standard InChI is InChI=1S/C13H14ClNO2S/c1-8(16)6-7-15-13(17)12-11(14)9-4-2-3-5-10(9)18-12/h2-5,8,16H,6-7H2,1H3,(H,15,17). The van der Waals surface area contributed by atoms with Crippen LogP contribution in [-0.4, -0.2) is 23.7 Å².